The minimum absolute atomic E-state index is 0.0404. The summed E-state index contributed by atoms with van der Waals surface area (Å²) < 4.78 is 146. The molecule has 0 aliphatic heterocycles. The molecule has 88 heavy (non-hydrogen) atoms. The molecule has 7 aromatic rings. The summed E-state index contributed by atoms with van der Waals surface area (Å²) in [5.41, 5.74) is 2.87. The maximum absolute atomic E-state index is 14.5. The van der Waals surface area contributed by atoms with E-state index in [9.17, 15) is 54.3 Å². The highest BCUT2D eigenvalue weighted by Crippen LogP contribution is 2.32. The van der Waals surface area contributed by atoms with Gasteiger partial charge in [0.15, 0.2) is 69.5 Å². The van der Waals surface area contributed by atoms with Crippen LogP contribution in [0.5, 0.6) is 28.7 Å². The number of rotatable bonds is 22. The van der Waals surface area contributed by atoms with Crippen molar-refractivity contribution in [3.8, 4) is 28.7 Å². The molecule has 0 fully saturated rings. The van der Waals surface area contributed by atoms with Crippen LogP contribution in [0.4, 0.5) is 35.1 Å². The van der Waals surface area contributed by atoms with E-state index >= 15 is 0 Å². The molecule has 12 nitrogen and oxygen atoms in total. The Kier molecular flexibility index (Phi) is 29.5. The van der Waals surface area contributed by atoms with Crippen molar-refractivity contribution in [2.75, 3.05) is 26.4 Å². The van der Waals surface area contributed by atoms with Crippen LogP contribution in [0.3, 0.4) is 0 Å². The number of esters is 4. The van der Waals surface area contributed by atoms with E-state index in [0.717, 1.165) is 47.5 Å². The van der Waals surface area contributed by atoms with Crippen LogP contribution in [0.15, 0.2) is 151 Å². The van der Waals surface area contributed by atoms with Gasteiger partial charge >= 0.3 is 23.9 Å². The minimum atomic E-state index is -1.03. The Bertz CT molecular complexity index is 3430. The van der Waals surface area contributed by atoms with Crippen molar-refractivity contribution in [2.45, 2.75) is 81.4 Å². The van der Waals surface area contributed by atoms with E-state index in [1.807, 2.05) is 48.5 Å². The predicted molar refractivity (Wildman–Crippen MR) is 315 cm³/mol. The average Bonchev–Trinajstić information content (AvgIpc) is 2.06. The Morgan fingerprint density at radius 1 is 0.455 bits per heavy atom. The second-order valence-corrected chi connectivity index (χ2v) is 19.1. The van der Waals surface area contributed by atoms with Gasteiger partial charge in [-0.3, -0.25) is 9.59 Å². The highest BCUT2D eigenvalue weighted by molar-refractivity contribution is 5.93. The molecule has 1 N–H and O–H groups in total. The number of ether oxygens (including phenoxy) is 7. The molecule has 0 heterocycles. The fourth-order valence-corrected chi connectivity index (χ4v) is 7.73. The van der Waals surface area contributed by atoms with Crippen molar-refractivity contribution < 1.29 is 92.6 Å². The number of hydrogen-bond donors (Lipinski definition) is 1. The van der Waals surface area contributed by atoms with E-state index in [2.05, 4.69) is 0 Å². The maximum Gasteiger partial charge on any atom is 0.333 e. The van der Waals surface area contributed by atoms with Crippen molar-refractivity contribution in [2.24, 2.45) is 11.8 Å². The van der Waals surface area contributed by atoms with Crippen molar-refractivity contribution in [3.63, 3.8) is 0 Å². The Hall–Kier alpha value is -9.46. The lowest BCUT2D eigenvalue weighted by atomic mass is 10.0. The lowest BCUT2D eigenvalue weighted by Crippen LogP contribution is -2.17. The smallest absolute Gasteiger partial charge is 0.333 e. The third-order valence-electron chi connectivity index (χ3n) is 12.1. The zero-order valence-electron chi connectivity index (χ0n) is 49.7. The van der Waals surface area contributed by atoms with Crippen molar-refractivity contribution in [1.82, 2.24) is 0 Å². The minimum Gasteiger partial charge on any atom is -0.503 e. The molecule has 0 bridgehead atoms. The second kappa shape index (κ2) is 36.5. The van der Waals surface area contributed by atoms with Gasteiger partial charge in [-0.2, -0.15) is 0 Å². The molecule has 0 amide bonds. The van der Waals surface area contributed by atoms with Crippen molar-refractivity contribution >= 4 is 36.0 Å². The van der Waals surface area contributed by atoms with E-state index in [-0.39, 0.29) is 80.3 Å². The first-order valence-electron chi connectivity index (χ1n) is 27.7. The molecule has 2 unspecified atom stereocenters. The summed E-state index contributed by atoms with van der Waals surface area (Å²) >= 11 is 0. The standard InChI is InChI=1S/C19H20F2O3.C19H18F2O3.C18H16F2O3.C12H14F2O3/c2*1-3-23-19(22)13(2)11-15-9-10-16(20)18(17(15)21)24-12-14-7-5-4-6-8-14;1-3-22-18(21)12(2)9-13-10-15(19)17(16(20)11-13)23-14-7-5-4-6-8-14;1-3-17-12(16)7(2)4-8-5-9(13)11(15)10(14)6-8/h4-10,13H,3,11-12H2,1-2H3;4-11H,3,12H2,1-2H3;4-11H,3H2,1-2H3;5-7,15H,3-4H2,1-2H3/b;13-11+;12-9+;. The molecule has 20 heteroatoms. The lowest BCUT2D eigenvalue weighted by Gasteiger charge is -2.14. The van der Waals surface area contributed by atoms with Crippen LogP contribution >= 0.6 is 0 Å². The summed E-state index contributed by atoms with van der Waals surface area (Å²) in [6, 6.07) is 35.6. The highest BCUT2D eigenvalue weighted by atomic mass is 19.2. The molecular formula is C68H68F8O12. The van der Waals surface area contributed by atoms with E-state index in [1.165, 1.54) is 38.1 Å². The topological polar surface area (TPSA) is 153 Å². The van der Waals surface area contributed by atoms with Crippen LogP contribution in [0, 0.1) is 58.4 Å². The highest BCUT2D eigenvalue weighted by Gasteiger charge is 2.23. The van der Waals surface area contributed by atoms with Crippen molar-refractivity contribution in [3.05, 3.63) is 231 Å². The normalized spacial score (nSPS) is 11.6. The Labute approximate surface area is 505 Å². The van der Waals surface area contributed by atoms with Crippen LogP contribution in [0.1, 0.15) is 88.8 Å². The summed E-state index contributed by atoms with van der Waals surface area (Å²) in [5.74, 6) is -11.9. The zero-order chi connectivity index (χ0) is 64.9. The van der Waals surface area contributed by atoms with Gasteiger partial charge in [-0.05, 0) is 149 Å². The van der Waals surface area contributed by atoms with Gasteiger partial charge in [-0.25, -0.2) is 44.7 Å². The third kappa shape index (κ3) is 22.8. The molecule has 0 aliphatic carbocycles. The first kappa shape index (κ1) is 71.0. The number of hydrogen-bond acceptors (Lipinski definition) is 12. The largest absolute Gasteiger partial charge is 0.503 e. The number of carbonyl (C=O) groups excluding carboxylic acids is 4. The molecule has 468 valence electrons. The SMILES string of the molecule is CCOC(=O)/C(C)=C/c1cc(F)c(Oc2ccccc2)c(F)c1.CCOC(=O)/C(C)=C/c1ccc(F)c(OCc2ccccc2)c1F.CCOC(=O)C(C)Cc1cc(F)c(O)c(F)c1.CCOC(=O)C(C)Cc1ccc(F)c(OCc2ccccc2)c1F. The summed E-state index contributed by atoms with van der Waals surface area (Å²) in [7, 11) is 0. The fourth-order valence-electron chi connectivity index (χ4n) is 7.73. The molecule has 0 saturated carbocycles. The molecule has 0 aliphatic rings. The molecule has 2 atom stereocenters. The van der Waals surface area contributed by atoms with Gasteiger partial charge in [0.2, 0.25) is 0 Å². The van der Waals surface area contributed by atoms with Crippen molar-refractivity contribution in [1.29, 1.82) is 0 Å². The van der Waals surface area contributed by atoms with Gasteiger partial charge in [-0.1, -0.05) is 98.8 Å². The van der Waals surface area contributed by atoms with Gasteiger partial charge < -0.3 is 38.3 Å². The maximum atomic E-state index is 14.5. The van der Waals surface area contributed by atoms with E-state index in [4.69, 9.17) is 38.3 Å². The van der Waals surface area contributed by atoms with Crippen LogP contribution in [-0.4, -0.2) is 55.4 Å². The predicted octanol–water partition coefficient (Wildman–Crippen LogP) is 15.9. The number of benzene rings is 7. The number of carbonyl (C=O) groups is 4. The number of aromatic hydroxyl groups is 1. The Morgan fingerprint density at radius 3 is 1.34 bits per heavy atom. The summed E-state index contributed by atoms with van der Waals surface area (Å²) in [5, 5.41) is 8.92. The molecular weight excluding hydrogens is 1160 g/mol. The van der Waals surface area contributed by atoms with Gasteiger partial charge in [0.1, 0.15) is 19.0 Å². The Balaban J connectivity index is 0.000000253. The average molecular weight is 1230 g/mol. The fraction of sp³-hybridized carbons (Fsp3) is 0.265. The molecule has 0 radical (unpaired) electrons. The lowest BCUT2D eigenvalue weighted by molar-refractivity contribution is -0.148. The first-order chi connectivity index (χ1) is 42.0. The van der Waals surface area contributed by atoms with Crippen LogP contribution < -0.4 is 14.2 Å². The molecule has 0 saturated heterocycles. The van der Waals surface area contributed by atoms with Crippen LogP contribution in [0.2, 0.25) is 0 Å². The Morgan fingerprint density at radius 2 is 0.875 bits per heavy atom. The van der Waals surface area contributed by atoms with Gasteiger partial charge in [0, 0.05) is 16.7 Å². The van der Waals surface area contributed by atoms with E-state index in [1.54, 1.807) is 84.0 Å². The molecule has 7 rings (SSSR count). The monoisotopic (exact) mass is 1230 g/mol. The summed E-state index contributed by atoms with van der Waals surface area (Å²) in [6.07, 6.45) is 2.94. The number of halogens is 8. The van der Waals surface area contributed by atoms with E-state index < -0.39 is 105 Å². The van der Waals surface area contributed by atoms with Crippen LogP contribution in [0.25, 0.3) is 12.2 Å². The first-order valence-corrected chi connectivity index (χ1v) is 27.7. The third-order valence-corrected chi connectivity index (χ3v) is 12.1. The number of phenols is 1. The van der Waals surface area contributed by atoms with E-state index in [0.29, 0.717) is 11.3 Å². The van der Waals surface area contributed by atoms with Gasteiger partial charge in [-0.15, -0.1) is 0 Å². The van der Waals surface area contributed by atoms with Crippen LogP contribution in [-0.2, 0) is 64.2 Å². The van der Waals surface area contributed by atoms with Gasteiger partial charge in [0.25, 0.3) is 0 Å². The number of para-hydroxylation sites is 1. The summed E-state index contributed by atoms with van der Waals surface area (Å²) in [4.78, 5) is 46.1. The molecule has 0 spiro atoms. The zero-order valence-corrected chi connectivity index (χ0v) is 49.7. The molecule has 0 aromatic heterocycles. The second-order valence-electron chi connectivity index (χ2n) is 19.1. The molecule has 7 aromatic carbocycles. The quantitative estimate of drug-likeness (QED) is 0.0297. The number of phenolic OH excluding ortho intramolecular Hbond substituents is 1. The summed E-state index contributed by atoms with van der Waals surface area (Å²) in [6.45, 7) is 14.1. The van der Waals surface area contributed by atoms with Gasteiger partial charge in [0.05, 0.1) is 38.3 Å².